The van der Waals surface area contributed by atoms with Gasteiger partial charge in [-0.15, -0.1) is 0 Å². The van der Waals surface area contributed by atoms with E-state index in [4.69, 9.17) is 4.42 Å². The first kappa shape index (κ1) is 14.9. The first-order valence-electron chi connectivity index (χ1n) is 7.48. The Bertz CT molecular complexity index is 542. The third kappa shape index (κ3) is 3.31. The van der Waals surface area contributed by atoms with E-state index in [0.717, 1.165) is 18.6 Å². The van der Waals surface area contributed by atoms with Crippen LogP contribution in [0, 0.1) is 5.92 Å². The maximum Gasteiger partial charge on any atom is 0.108 e. The lowest BCUT2D eigenvalue weighted by Crippen LogP contribution is -2.18. The van der Waals surface area contributed by atoms with Crippen molar-refractivity contribution in [3.05, 3.63) is 59.0 Å². The van der Waals surface area contributed by atoms with Crippen LogP contribution >= 0.6 is 0 Å². The van der Waals surface area contributed by atoms with E-state index in [2.05, 4.69) is 56.4 Å². The van der Waals surface area contributed by atoms with Gasteiger partial charge in [0.25, 0.3) is 0 Å². The Balaban J connectivity index is 2.32. The van der Waals surface area contributed by atoms with Crippen molar-refractivity contribution in [2.24, 2.45) is 5.92 Å². The van der Waals surface area contributed by atoms with Crippen molar-refractivity contribution in [1.82, 2.24) is 5.32 Å². The quantitative estimate of drug-likeness (QED) is 0.845. The lowest BCUT2D eigenvalue weighted by atomic mass is 9.94. The van der Waals surface area contributed by atoms with Gasteiger partial charge >= 0.3 is 0 Å². The minimum absolute atomic E-state index is 0.204. The second-order valence-corrected chi connectivity index (χ2v) is 5.72. The summed E-state index contributed by atoms with van der Waals surface area (Å²) in [6.45, 7) is 6.64. The van der Waals surface area contributed by atoms with Gasteiger partial charge in [0.15, 0.2) is 0 Å². The van der Waals surface area contributed by atoms with Crippen LogP contribution in [0.1, 0.15) is 49.3 Å². The third-order valence-electron chi connectivity index (χ3n) is 3.63. The summed E-state index contributed by atoms with van der Waals surface area (Å²) in [5, 5.41) is 3.42. The summed E-state index contributed by atoms with van der Waals surface area (Å²) >= 11 is 0. The molecule has 0 saturated carbocycles. The first-order chi connectivity index (χ1) is 9.65. The fraction of sp³-hybridized carbons (Fsp3) is 0.444. The summed E-state index contributed by atoms with van der Waals surface area (Å²) in [5.41, 5.74) is 3.96. The van der Waals surface area contributed by atoms with Gasteiger partial charge in [-0.05, 0) is 36.6 Å². The van der Waals surface area contributed by atoms with Crippen LogP contribution in [-0.4, -0.2) is 7.05 Å². The van der Waals surface area contributed by atoms with E-state index in [-0.39, 0.29) is 6.04 Å². The van der Waals surface area contributed by atoms with Crippen molar-refractivity contribution in [2.45, 2.75) is 39.7 Å². The molecule has 1 aromatic heterocycles. The Morgan fingerprint density at radius 2 is 2.00 bits per heavy atom. The maximum atomic E-state index is 5.57. The van der Waals surface area contributed by atoms with Gasteiger partial charge in [0.2, 0.25) is 0 Å². The summed E-state index contributed by atoms with van der Waals surface area (Å²) in [6, 6.07) is 11.2. The Kier molecular flexibility index (Phi) is 5.02. The van der Waals surface area contributed by atoms with E-state index in [1.807, 2.05) is 7.05 Å². The summed E-state index contributed by atoms with van der Waals surface area (Å²) in [7, 11) is 2.01. The molecule has 0 bridgehead atoms. The Hall–Kier alpha value is -1.54. The van der Waals surface area contributed by atoms with Crippen LogP contribution in [-0.2, 0) is 12.8 Å². The van der Waals surface area contributed by atoms with E-state index in [1.54, 1.807) is 6.26 Å². The van der Waals surface area contributed by atoms with Crippen molar-refractivity contribution >= 4 is 0 Å². The fourth-order valence-corrected chi connectivity index (χ4v) is 2.77. The molecule has 2 heteroatoms. The Labute approximate surface area is 122 Å². The molecule has 2 aromatic rings. The van der Waals surface area contributed by atoms with Crippen molar-refractivity contribution in [3.63, 3.8) is 0 Å². The molecule has 1 heterocycles. The zero-order valence-corrected chi connectivity index (χ0v) is 12.9. The van der Waals surface area contributed by atoms with Crippen molar-refractivity contribution in [1.29, 1.82) is 0 Å². The summed E-state index contributed by atoms with van der Waals surface area (Å²) in [4.78, 5) is 0. The molecular formula is C18H25NO. The first-order valence-corrected chi connectivity index (χ1v) is 7.48. The highest BCUT2D eigenvalue weighted by Crippen LogP contribution is 2.27. The number of furan rings is 1. The van der Waals surface area contributed by atoms with Crippen LogP contribution in [0.2, 0.25) is 0 Å². The van der Waals surface area contributed by atoms with E-state index in [1.165, 1.54) is 16.7 Å². The molecule has 0 fully saturated rings. The van der Waals surface area contributed by atoms with Crippen LogP contribution < -0.4 is 5.32 Å². The smallest absolute Gasteiger partial charge is 0.108 e. The number of benzene rings is 1. The zero-order chi connectivity index (χ0) is 14.5. The van der Waals surface area contributed by atoms with Crippen LogP contribution in [0.3, 0.4) is 0 Å². The highest BCUT2D eigenvalue weighted by molar-refractivity contribution is 5.35. The third-order valence-corrected chi connectivity index (χ3v) is 3.63. The average molecular weight is 271 g/mol. The molecule has 2 rings (SSSR count). The fourth-order valence-electron chi connectivity index (χ4n) is 2.77. The van der Waals surface area contributed by atoms with Gasteiger partial charge in [0.05, 0.1) is 12.3 Å². The van der Waals surface area contributed by atoms with Crippen LogP contribution in [0.25, 0.3) is 0 Å². The maximum absolute atomic E-state index is 5.57. The minimum atomic E-state index is 0.204. The zero-order valence-electron chi connectivity index (χ0n) is 12.9. The lowest BCUT2D eigenvalue weighted by Gasteiger charge is -2.18. The number of nitrogens with one attached hydrogen (secondary N) is 1. The molecule has 20 heavy (non-hydrogen) atoms. The molecule has 0 saturated heterocycles. The van der Waals surface area contributed by atoms with Gasteiger partial charge < -0.3 is 9.73 Å². The average Bonchev–Trinajstić information content (AvgIpc) is 2.87. The Morgan fingerprint density at radius 3 is 2.65 bits per heavy atom. The standard InChI is InChI=1S/C18H25NO/c1-5-17-16(9-10-20-17)18(19-4)15-8-6-7-14(12-15)11-13(2)3/h6-10,12-13,18-19H,5,11H2,1-4H3. The van der Waals surface area contributed by atoms with E-state index in [9.17, 15) is 0 Å². The predicted molar refractivity (Wildman–Crippen MR) is 84.0 cm³/mol. The monoisotopic (exact) mass is 271 g/mol. The molecule has 0 aliphatic carbocycles. The van der Waals surface area contributed by atoms with Gasteiger partial charge in [-0.2, -0.15) is 0 Å². The molecular weight excluding hydrogens is 246 g/mol. The molecule has 108 valence electrons. The van der Waals surface area contributed by atoms with Crippen molar-refractivity contribution in [2.75, 3.05) is 7.05 Å². The summed E-state index contributed by atoms with van der Waals surface area (Å²) < 4.78 is 5.57. The molecule has 0 aliphatic heterocycles. The number of rotatable bonds is 6. The second kappa shape index (κ2) is 6.76. The van der Waals surface area contributed by atoms with Crippen LogP contribution in [0.15, 0.2) is 41.0 Å². The molecule has 0 amide bonds. The number of aryl methyl sites for hydroxylation is 1. The predicted octanol–water partition coefficient (Wildman–Crippen LogP) is 4.35. The number of hydrogen-bond acceptors (Lipinski definition) is 2. The second-order valence-electron chi connectivity index (χ2n) is 5.72. The lowest BCUT2D eigenvalue weighted by molar-refractivity contribution is 0.504. The number of hydrogen-bond donors (Lipinski definition) is 1. The SMILES string of the molecule is CCc1occc1C(NC)c1cccc(CC(C)C)c1. The molecule has 1 N–H and O–H groups in total. The van der Waals surface area contributed by atoms with E-state index in [0.29, 0.717) is 5.92 Å². The van der Waals surface area contributed by atoms with Gasteiger partial charge in [0, 0.05) is 12.0 Å². The molecule has 2 nitrogen and oxygen atoms in total. The molecule has 0 aliphatic rings. The van der Waals surface area contributed by atoms with Crippen LogP contribution in [0.5, 0.6) is 0 Å². The van der Waals surface area contributed by atoms with E-state index < -0.39 is 0 Å². The summed E-state index contributed by atoms with van der Waals surface area (Å²) in [5.74, 6) is 1.75. The van der Waals surface area contributed by atoms with Gasteiger partial charge in [-0.1, -0.05) is 45.0 Å². The molecule has 0 spiro atoms. The van der Waals surface area contributed by atoms with Gasteiger partial charge in [0.1, 0.15) is 5.76 Å². The molecule has 1 atom stereocenters. The Morgan fingerprint density at radius 1 is 1.20 bits per heavy atom. The summed E-state index contributed by atoms with van der Waals surface area (Å²) in [6.07, 6.45) is 3.83. The topological polar surface area (TPSA) is 25.2 Å². The highest BCUT2D eigenvalue weighted by atomic mass is 16.3. The molecule has 0 radical (unpaired) electrons. The molecule has 1 aromatic carbocycles. The largest absolute Gasteiger partial charge is 0.469 e. The van der Waals surface area contributed by atoms with E-state index >= 15 is 0 Å². The van der Waals surface area contributed by atoms with Crippen molar-refractivity contribution in [3.8, 4) is 0 Å². The van der Waals surface area contributed by atoms with Crippen molar-refractivity contribution < 1.29 is 4.42 Å². The molecule has 1 unspecified atom stereocenters. The minimum Gasteiger partial charge on any atom is -0.469 e. The van der Waals surface area contributed by atoms with Gasteiger partial charge in [-0.3, -0.25) is 0 Å². The normalized spacial score (nSPS) is 12.8. The van der Waals surface area contributed by atoms with Crippen LogP contribution in [0.4, 0.5) is 0 Å². The highest BCUT2D eigenvalue weighted by Gasteiger charge is 2.17. The van der Waals surface area contributed by atoms with Gasteiger partial charge in [-0.25, -0.2) is 0 Å².